The van der Waals surface area contributed by atoms with E-state index in [4.69, 9.17) is 0 Å². The lowest BCUT2D eigenvalue weighted by molar-refractivity contribution is -0.120. The lowest BCUT2D eigenvalue weighted by atomic mass is 10.1. The predicted octanol–water partition coefficient (Wildman–Crippen LogP) is 1.52. The molecule has 118 valence electrons. The van der Waals surface area contributed by atoms with Crippen LogP contribution in [0.15, 0.2) is 24.3 Å². The van der Waals surface area contributed by atoms with Crippen LogP contribution in [-0.2, 0) is 11.3 Å². The first-order chi connectivity index (χ1) is 10.3. The van der Waals surface area contributed by atoms with Gasteiger partial charge in [-0.2, -0.15) is 0 Å². The predicted molar refractivity (Wildman–Crippen MR) is 87.1 cm³/mol. The van der Waals surface area contributed by atoms with Crippen molar-refractivity contribution in [2.24, 2.45) is 0 Å². The van der Waals surface area contributed by atoms with Gasteiger partial charge in [-0.1, -0.05) is 24.0 Å². The molecular weight excluding hydrogens is 276 g/mol. The number of aliphatic hydroxyl groups is 1. The molecule has 0 spiro atoms. The average Bonchev–Trinajstić information content (AvgIpc) is 2.61. The molecular formula is C18H24N2O2. The number of hydrogen-bond donors (Lipinski definition) is 2. The maximum absolute atomic E-state index is 11.5. The van der Waals surface area contributed by atoms with E-state index in [1.807, 2.05) is 12.1 Å². The molecule has 4 nitrogen and oxygen atoms in total. The first kappa shape index (κ1) is 16.5. The Labute approximate surface area is 132 Å². The van der Waals surface area contributed by atoms with E-state index in [9.17, 15) is 9.90 Å². The summed E-state index contributed by atoms with van der Waals surface area (Å²) in [5.74, 6) is 5.91. The Morgan fingerprint density at radius 3 is 2.68 bits per heavy atom. The first-order valence-electron chi connectivity index (χ1n) is 7.69. The minimum Gasteiger partial charge on any atom is -0.378 e. The number of rotatable bonds is 2. The van der Waals surface area contributed by atoms with Crippen LogP contribution in [0.2, 0.25) is 0 Å². The molecule has 0 bridgehead atoms. The smallest absolute Gasteiger partial charge is 0.221 e. The van der Waals surface area contributed by atoms with Crippen LogP contribution in [-0.4, -0.2) is 40.6 Å². The number of amides is 1. The molecule has 22 heavy (non-hydrogen) atoms. The number of hydrogen-bond acceptors (Lipinski definition) is 3. The van der Waals surface area contributed by atoms with Crippen LogP contribution in [0.25, 0.3) is 0 Å². The Morgan fingerprint density at radius 1 is 1.36 bits per heavy atom. The van der Waals surface area contributed by atoms with Crippen LogP contribution in [0.1, 0.15) is 38.3 Å². The lowest BCUT2D eigenvalue weighted by Gasteiger charge is -2.26. The zero-order valence-corrected chi connectivity index (χ0v) is 13.5. The molecule has 0 saturated carbocycles. The number of nitrogens with one attached hydrogen (secondary N) is 1. The quantitative estimate of drug-likeness (QED) is 0.814. The van der Waals surface area contributed by atoms with Crippen LogP contribution in [0.3, 0.4) is 0 Å². The van der Waals surface area contributed by atoms with Crippen molar-refractivity contribution in [1.29, 1.82) is 0 Å². The fourth-order valence-corrected chi connectivity index (χ4v) is 2.33. The van der Waals surface area contributed by atoms with Gasteiger partial charge in [-0.25, -0.2) is 0 Å². The third kappa shape index (κ3) is 5.18. The van der Waals surface area contributed by atoms with Crippen molar-refractivity contribution in [3.63, 3.8) is 0 Å². The van der Waals surface area contributed by atoms with E-state index in [2.05, 4.69) is 41.1 Å². The highest BCUT2D eigenvalue weighted by Gasteiger charge is 2.19. The van der Waals surface area contributed by atoms with Crippen molar-refractivity contribution in [3.8, 4) is 11.8 Å². The van der Waals surface area contributed by atoms with Gasteiger partial charge in [-0.3, -0.25) is 9.69 Å². The summed E-state index contributed by atoms with van der Waals surface area (Å²) in [7, 11) is 0. The molecule has 1 heterocycles. The van der Waals surface area contributed by atoms with Gasteiger partial charge in [-0.05, 0) is 38.5 Å². The summed E-state index contributed by atoms with van der Waals surface area (Å²) in [5.41, 5.74) is 1.13. The van der Waals surface area contributed by atoms with Crippen LogP contribution in [0.5, 0.6) is 0 Å². The van der Waals surface area contributed by atoms with Gasteiger partial charge in [0.1, 0.15) is 5.60 Å². The lowest BCUT2D eigenvalue weighted by Crippen LogP contribution is -2.37. The molecule has 1 aromatic carbocycles. The zero-order valence-electron chi connectivity index (χ0n) is 13.5. The maximum atomic E-state index is 11.5. The van der Waals surface area contributed by atoms with Gasteiger partial charge in [-0.15, -0.1) is 0 Å². The van der Waals surface area contributed by atoms with Gasteiger partial charge in [0.05, 0.1) is 0 Å². The molecule has 1 atom stereocenters. The summed E-state index contributed by atoms with van der Waals surface area (Å²) in [4.78, 5) is 13.8. The van der Waals surface area contributed by atoms with Gasteiger partial charge < -0.3 is 10.4 Å². The molecule has 1 saturated heterocycles. The van der Waals surface area contributed by atoms with Crippen molar-refractivity contribution in [1.82, 2.24) is 10.2 Å². The zero-order chi connectivity index (χ0) is 16.2. The molecule has 2 N–H and O–H groups in total. The molecule has 0 aliphatic carbocycles. The Balaban J connectivity index is 2.01. The summed E-state index contributed by atoms with van der Waals surface area (Å²) in [6, 6.07) is 8.39. The van der Waals surface area contributed by atoms with Gasteiger partial charge in [0.15, 0.2) is 0 Å². The Bertz CT molecular complexity index is 576. The van der Waals surface area contributed by atoms with E-state index < -0.39 is 5.60 Å². The number of benzene rings is 1. The molecule has 1 fully saturated rings. The van der Waals surface area contributed by atoms with Gasteiger partial charge in [0.2, 0.25) is 5.91 Å². The number of carbonyl (C=O) groups excluding carboxylic acids is 1. The largest absolute Gasteiger partial charge is 0.378 e. The third-order valence-electron chi connectivity index (χ3n) is 3.70. The highest BCUT2D eigenvalue weighted by atomic mass is 16.3. The molecule has 0 unspecified atom stereocenters. The molecule has 2 rings (SSSR count). The van der Waals surface area contributed by atoms with E-state index in [1.54, 1.807) is 13.8 Å². The van der Waals surface area contributed by atoms with Crippen LogP contribution < -0.4 is 5.32 Å². The van der Waals surface area contributed by atoms with Crippen molar-refractivity contribution >= 4 is 5.91 Å². The highest BCUT2D eigenvalue weighted by Crippen LogP contribution is 2.12. The summed E-state index contributed by atoms with van der Waals surface area (Å²) in [6.07, 6.45) is 0.555. The van der Waals surface area contributed by atoms with Crippen LogP contribution >= 0.6 is 0 Å². The summed E-state index contributed by atoms with van der Waals surface area (Å²) >= 11 is 0. The summed E-state index contributed by atoms with van der Waals surface area (Å²) in [6.45, 7) is 7.79. The first-order valence-corrected chi connectivity index (χ1v) is 7.69. The Kier molecular flexibility index (Phi) is 5.23. The second-order valence-electron chi connectivity index (χ2n) is 6.38. The highest BCUT2D eigenvalue weighted by molar-refractivity contribution is 5.76. The third-order valence-corrected chi connectivity index (χ3v) is 3.70. The molecule has 1 aromatic rings. The molecule has 0 radical (unpaired) electrons. The molecule has 1 amide bonds. The van der Waals surface area contributed by atoms with E-state index in [-0.39, 0.29) is 5.91 Å². The molecule has 1 aliphatic rings. The fraction of sp³-hybridized carbons (Fsp3) is 0.500. The molecule has 4 heteroatoms. The molecule has 1 aliphatic heterocycles. The fourth-order valence-electron chi connectivity index (χ4n) is 2.33. The second-order valence-corrected chi connectivity index (χ2v) is 6.38. The van der Waals surface area contributed by atoms with E-state index in [0.29, 0.717) is 19.0 Å². The minimum absolute atomic E-state index is 0.131. The van der Waals surface area contributed by atoms with Crippen molar-refractivity contribution in [2.75, 3.05) is 13.1 Å². The Morgan fingerprint density at radius 2 is 2.05 bits per heavy atom. The van der Waals surface area contributed by atoms with Crippen molar-refractivity contribution in [3.05, 3.63) is 35.4 Å². The summed E-state index contributed by atoms with van der Waals surface area (Å²) in [5, 5.41) is 12.5. The van der Waals surface area contributed by atoms with Gasteiger partial charge >= 0.3 is 0 Å². The van der Waals surface area contributed by atoms with Gasteiger partial charge in [0, 0.05) is 37.7 Å². The monoisotopic (exact) mass is 300 g/mol. The van der Waals surface area contributed by atoms with Crippen LogP contribution in [0.4, 0.5) is 0 Å². The summed E-state index contributed by atoms with van der Waals surface area (Å²) < 4.78 is 0. The van der Waals surface area contributed by atoms with E-state index in [0.717, 1.165) is 18.7 Å². The maximum Gasteiger partial charge on any atom is 0.221 e. The number of carbonyl (C=O) groups is 1. The molecule has 0 aromatic heterocycles. The topological polar surface area (TPSA) is 52.6 Å². The average molecular weight is 300 g/mol. The second kappa shape index (κ2) is 6.95. The standard InChI is InChI=1S/C18H24N2O2/c1-14-12-19-17(21)9-11-20(14)13-16-6-4-15(5-7-16)8-10-18(2,3)22/h4-7,14,22H,9,11-13H2,1-3H3,(H,19,21)/t14-/m0/s1. The number of nitrogens with zero attached hydrogens (tertiary/aromatic N) is 1. The van der Waals surface area contributed by atoms with Gasteiger partial charge in [0.25, 0.3) is 0 Å². The van der Waals surface area contributed by atoms with Crippen molar-refractivity contribution in [2.45, 2.75) is 45.4 Å². The minimum atomic E-state index is -0.973. The normalized spacial score (nSPS) is 19.8. The van der Waals surface area contributed by atoms with Crippen LogP contribution in [0, 0.1) is 11.8 Å². The van der Waals surface area contributed by atoms with E-state index >= 15 is 0 Å². The SMILES string of the molecule is C[C@H]1CNC(=O)CCN1Cc1ccc(C#CC(C)(C)O)cc1. The van der Waals surface area contributed by atoms with Crippen molar-refractivity contribution < 1.29 is 9.90 Å². The Hall–Kier alpha value is -1.83. The van der Waals surface area contributed by atoms with E-state index in [1.165, 1.54) is 5.56 Å².